The van der Waals surface area contributed by atoms with Gasteiger partial charge in [0.15, 0.2) is 0 Å². The second-order valence-corrected chi connectivity index (χ2v) is 7.81. The Bertz CT molecular complexity index is 911. The molecule has 0 saturated carbocycles. The van der Waals surface area contributed by atoms with Gasteiger partial charge < -0.3 is 10.2 Å². The maximum atomic E-state index is 13.3. The molecule has 0 aliphatic carbocycles. The number of nitro benzene ring substituents is 1. The van der Waals surface area contributed by atoms with Gasteiger partial charge in [-0.25, -0.2) is 0 Å². The van der Waals surface area contributed by atoms with E-state index in [1.807, 2.05) is 52.0 Å². The third kappa shape index (κ3) is 6.64. The molecule has 0 saturated heterocycles. The monoisotopic (exact) mass is 425 g/mol. The molecule has 2 rings (SSSR count). The summed E-state index contributed by atoms with van der Waals surface area (Å²) in [7, 11) is 0. The van der Waals surface area contributed by atoms with E-state index in [0.717, 1.165) is 17.5 Å². The molecule has 0 heterocycles. The van der Waals surface area contributed by atoms with Crippen molar-refractivity contribution in [1.82, 2.24) is 10.2 Å². The quantitative estimate of drug-likeness (QED) is 0.457. The van der Waals surface area contributed by atoms with Gasteiger partial charge in [0.05, 0.1) is 11.3 Å². The fourth-order valence-corrected chi connectivity index (χ4v) is 3.35. The van der Waals surface area contributed by atoms with E-state index in [1.54, 1.807) is 23.1 Å². The number of aryl methyl sites for hydroxylation is 1. The Morgan fingerprint density at radius 1 is 1.06 bits per heavy atom. The maximum absolute atomic E-state index is 13.3. The number of hydrogen-bond acceptors (Lipinski definition) is 4. The molecule has 0 radical (unpaired) electrons. The third-order valence-corrected chi connectivity index (χ3v) is 5.39. The summed E-state index contributed by atoms with van der Waals surface area (Å²) in [5, 5.41) is 14.3. The Labute approximate surface area is 183 Å². The molecule has 7 heteroatoms. The minimum Gasteiger partial charge on any atom is -0.352 e. The molecule has 1 N–H and O–H groups in total. The number of para-hydroxylation sites is 1. The highest BCUT2D eigenvalue weighted by Gasteiger charge is 2.30. The molecule has 2 aromatic carbocycles. The van der Waals surface area contributed by atoms with Crippen molar-refractivity contribution in [2.45, 2.75) is 65.6 Å². The predicted octanol–water partition coefficient (Wildman–Crippen LogP) is 4.17. The van der Waals surface area contributed by atoms with Crippen molar-refractivity contribution in [1.29, 1.82) is 0 Å². The zero-order chi connectivity index (χ0) is 23.0. The highest BCUT2D eigenvalue weighted by Crippen LogP contribution is 2.21. The Morgan fingerprint density at radius 2 is 1.71 bits per heavy atom. The van der Waals surface area contributed by atoms with E-state index in [-0.39, 0.29) is 36.5 Å². The Morgan fingerprint density at radius 3 is 2.29 bits per heavy atom. The highest BCUT2D eigenvalue weighted by molar-refractivity contribution is 5.89. The molecule has 166 valence electrons. The summed E-state index contributed by atoms with van der Waals surface area (Å²) in [4.78, 5) is 38.7. The van der Waals surface area contributed by atoms with Crippen molar-refractivity contribution >= 4 is 17.5 Å². The zero-order valence-electron chi connectivity index (χ0n) is 18.6. The van der Waals surface area contributed by atoms with Crippen LogP contribution in [-0.4, -0.2) is 33.7 Å². The van der Waals surface area contributed by atoms with Gasteiger partial charge in [0.25, 0.3) is 5.69 Å². The first-order chi connectivity index (χ1) is 14.8. The fourth-order valence-electron chi connectivity index (χ4n) is 3.35. The lowest BCUT2D eigenvalue weighted by Gasteiger charge is -2.31. The number of nitro groups is 1. The molecule has 0 bridgehead atoms. The number of rotatable bonds is 10. The van der Waals surface area contributed by atoms with Gasteiger partial charge in [-0.05, 0) is 32.3 Å². The van der Waals surface area contributed by atoms with Crippen molar-refractivity contribution < 1.29 is 14.5 Å². The highest BCUT2D eigenvalue weighted by atomic mass is 16.6. The number of hydrogen-bond donors (Lipinski definition) is 1. The Balaban J connectivity index is 2.35. The Kier molecular flexibility index (Phi) is 8.73. The van der Waals surface area contributed by atoms with Gasteiger partial charge in [0.2, 0.25) is 11.8 Å². The van der Waals surface area contributed by atoms with Crippen LogP contribution in [0.3, 0.4) is 0 Å². The van der Waals surface area contributed by atoms with E-state index in [1.165, 1.54) is 6.07 Å². The number of benzene rings is 2. The largest absolute Gasteiger partial charge is 0.352 e. The van der Waals surface area contributed by atoms with Crippen LogP contribution in [0.5, 0.6) is 0 Å². The van der Waals surface area contributed by atoms with Crippen LogP contribution >= 0.6 is 0 Å². The molecule has 0 spiro atoms. The van der Waals surface area contributed by atoms with Crippen LogP contribution in [0.25, 0.3) is 0 Å². The molecule has 31 heavy (non-hydrogen) atoms. The molecule has 0 fully saturated rings. The first-order valence-electron chi connectivity index (χ1n) is 10.6. The number of carbonyl (C=O) groups is 2. The van der Waals surface area contributed by atoms with Gasteiger partial charge in [-0.2, -0.15) is 0 Å². The van der Waals surface area contributed by atoms with E-state index in [2.05, 4.69) is 5.32 Å². The molecule has 2 atom stereocenters. The van der Waals surface area contributed by atoms with Gasteiger partial charge >= 0.3 is 0 Å². The third-order valence-electron chi connectivity index (χ3n) is 5.39. The summed E-state index contributed by atoms with van der Waals surface area (Å²) in [5.41, 5.74) is 2.24. The number of carbonyl (C=O) groups excluding carboxylic acids is 2. The average Bonchev–Trinajstić information content (AvgIpc) is 2.75. The smallest absolute Gasteiger partial charge is 0.273 e. The van der Waals surface area contributed by atoms with Gasteiger partial charge in [0, 0.05) is 24.2 Å². The van der Waals surface area contributed by atoms with Crippen LogP contribution < -0.4 is 5.32 Å². The first kappa shape index (κ1) is 24.1. The molecule has 0 unspecified atom stereocenters. The minimum atomic E-state index is -0.662. The second-order valence-electron chi connectivity index (χ2n) is 7.81. The SMILES string of the molecule is CC[C@@H](C)NC(=O)[C@@H](CC)N(Cc1ccc(C)cc1)C(=O)Cc1ccccc1[N+](=O)[O-]. The molecule has 2 amide bonds. The summed E-state index contributed by atoms with van der Waals surface area (Å²) in [6.07, 6.45) is 1.08. The average molecular weight is 426 g/mol. The van der Waals surface area contributed by atoms with Crippen molar-refractivity contribution in [3.05, 3.63) is 75.3 Å². The number of amides is 2. The molecule has 2 aromatic rings. The fraction of sp³-hybridized carbons (Fsp3) is 0.417. The molecule has 0 aromatic heterocycles. The second kappa shape index (κ2) is 11.2. The lowest BCUT2D eigenvalue weighted by atomic mass is 10.0. The summed E-state index contributed by atoms with van der Waals surface area (Å²) in [5.74, 6) is -0.527. The van der Waals surface area contributed by atoms with E-state index >= 15 is 0 Å². The summed E-state index contributed by atoms with van der Waals surface area (Å²) in [6, 6.07) is 13.3. The number of nitrogens with one attached hydrogen (secondary N) is 1. The molecule has 0 aliphatic rings. The molecule has 7 nitrogen and oxygen atoms in total. The van der Waals surface area contributed by atoms with Crippen molar-refractivity contribution in [3.8, 4) is 0 Å². The standard InChI is InChI=1S/C24H31N3O4/c1-5-18(4)25-24(29)21(6-2)26(16-19-13-11-17(3)12-14-19)23(28)15-20-9-7-8-10-22(20)27(30)31/h7-14,18,21H,5-6,15-16H2,1-4H3,(H,25,29)/t18-,21-/m1/s1. The van der Waals surface area contributed by atoms with Crippen molar-refractivity contribution in [2.75, 3.05) is 0 Å². The van der Waals surface area contributed by atoms with Gasteiger partial charge in [-0.3, -0.25) is 19.7 Å². The van der Waals surface area contributed by atoms with Crippen LogP contribution in [0.2, 0.25) is 0 Å². The summed E-state index contributed by atoms with van der Waals surface area (Å²) >= 11 is 0. The van der Waals surface area contributed by atoms with Crippen LogP contribution in [0.1, 0.15) is 50.3 Å². The minimum absolute atomic E-state index is 0.00640. The lowest BCUT2D eigenvalue weighted by Crippen LogP contribution is -2.51. The van der Waals surface area contributed by atoms with Crippen LogP contribution in [0.4, 0.5) is 5.69 Å². The van der Waals surface area contributed by atoms with Crippen molar-refractivity contribution in [2.24, 2.45) is 0 Å². The predicted molar refractivity (Wildman–Crippen MR) is 121 cm³/mol. The normalized spacial score (nSPS) is 12.6. The molecular weight excluding hydrogens is 394 g/mol. The van der Waals surface area contributed by atoms with Crippen LogP contribution in [0, 0.1) is 17.0 Å². The van der Waals surface area contributed by atoms with E-state index < -0.39 is 11.0 Å². The van der Waals surface area contributed by atoms with E-state index in [9.17, 15) is 19.7 Å². The van der Waals surface area contributed by atoms with Crippen molar-refractivity contribution in [3.63, 3.8) is 0 Å². The van der Waals surface area contributed by atoms with Gasteiger partial charge in [-0.1, -0.05) is 61.9 Å². The van der Waals surface area contributed by atoms with Crippen LogP contribution in [0.15, 0.2) is 48.5 Å². The van der Waals surface area contributed by atoms with Gasteiger partial charge in [-0.15, -0.1) is 0 Å². The lowest BCUT2D eigenvalue weighted by molar-refractivity contribution is -0.385. The number of nitrogens with zero attached hydrogens (tertiary/aromatic N) is 2. The maximum Gasteiger partial charge on any atom is 0.273 e. The summed E-state index contributed by atoms with van der Waals surface area (Å²) < 4.78 is 0. The van der Waals surface area contributed by atoms with Gasteiger partial charge in [0.1, 0.15) is 6.04 Å². The van der Waals surface area contributed by atoms with Crippen LogP contribution in [-0.2, 0) is 22.6 Å². The first-order valence-corrected chi connectivity index (χ1v) is 10.6. The summed E-state index contributed by atoms with van der Waals surface area (Å²) in [6.45, 7) is 8.00. The Hall–Kier alpha value is -3.22. The zero-order valence-corrected chi connectivity index (χ0v) is 18.6. The van der Waals surface area contributed by atoms with E-state index in [0.29, 0.717) is 12.0 Å². The molecule has 0 aliphatic heterocycles. The topological polar surface area (TPSA) is 92.6 Å². The van der Waals surface area contributed by atoms with E-state index in [4.69, 9.17) is 0 Å². The molecular formula is C24H31N3O4.